The third-order valence-electron chi connectivity index (χ3n) is 3.94. The van der Waals surface area contributed by atoms with Crippen LogP contribution in [0.15, 0.2) is 70.7 Å². The van der Waals surface area contributed by atoms with E-state index in [1.54, 1.807) is 18.2 Å². The van der Waals surface area contributed by atoms with Crippen molar-refractivity contribution < 1.29 is 14.7 Å². The lowest BCUT2D eigenvalue weighted by molar-refractivity contribution is -0.131. The molecule has 27 heavy (non-hydrogen) atoms. The van der Waals surface area contributed by atoms with Gasteiger partial charge >= 0.3 is 5.97 Å². The van der Waals surface area contributed by atoms with Crippen LogP contribution in [-0.4, -0.2) is 28.5 Å². The first-order chi connectivity index (χ1) is 12.9. The second kappa shape index (κ2) is 7.97. The van der Waals surface area contributed by atoms with E-state index in [1.165, 1.54) is 0 Å². The molecule has 1 aliphatic rings. The summed E-state index contributed by atoms with van der Waals surface area (Å²) in [6.07, 6.45) is 1.73. The highest BCUT2D eigenvalue weighted by Gasteiger charge is 2.26. The van der Waals surface area contributed by atoms with Crippen LogP contribution in [0, 0.1) is 0 Å². The number of para-hydroxylation sites is 2. The standard InChI is InChI=1S/C20H16ClN3O3/c1-12-19(13-6-8-14(21)9-7-13)20(24-17(25)10-11-18(26)27)23-16-5-3-2-4-15(16)22-12/h2-11,19H,1H3,(H,26,27)(H,23,24,25). The molecule has 1 atom stereocenters. The quantitative estimate of drug-likeness (QED) is 0.786. The van der Waals surface area contributed by atoms with E-state index in [0.29, 0.717) is 22.2 Å². The van der Waals surface area contributed by atoms with Crippen molar-refractivity contribution in [1.29, 1.82) is 0 Å². The predicted molar refractivity (Wildman–Crippen MR) is 105 cm³/mol. The summed E-state index contributed by atoms with van der Waals surface area (Å²) in [5.41, 5.74) is 2.91. The van der Waals surface area contributed by atoms with Gasteiger partial charge in [-0.15, -0.1) is 0 Å². The smallest absolute Gasteiger partial charge is 0.328 e. The van der Waals surface area contributed by atoms with Gasteiger partial charge in [-0.25, -0.2) is 9.79 Å². The minimum absolute atomic E-state index is 0.364. The van der Waals surface area contributed by atoms with Gasteiger partial charge in [0, 0.05) is 22.9 Å². The van der Waals surface area contributed by atoms with Crippen molar-refractivity contribution in [2.24, 2.45) is 9.98 Å². The first-order valence-corrected chi connectivity index (χ1v) is 8.52. The molecule has 0 aromatic heterocycles. The van der Waals surface area contributed by atoms with E-state index in [0.717, 1.165) is 23.4 Å². The molecule has 1 unspecified atom stereocenters. The molecule has 0 aliphatic carbocycles. The number of hydrogen-bond donors (Lipinski definition) is 2. The maximum atomic E-state index is 12.2. The molecule has 136 valence electrons. The Morgan fingerprint density at radius 3 is 2.30 bits per heavy atom. The van der Waals surface area contributed by atoms with Crippen LogP contribution in [0.25, 0.3) is 0 Å². The first-order valence-electron chi connectivity index (χ1n) is 8.14. The van der Waals surface area contributed by atoms with Gasteiger partial charge in [0.2, 0.25) is 5.91 Å². The van der Waals surface area contributed by atoms with Crippen LogP contribution in [0.1, 0.15) is 18.4 Å². The van der Waals surface area contributed by atoms with E-state index in [9.17, 15) is 9.59 Å². The van der Waals surface area contributed by atoms with Gasteiger partial charge in [0.15, 0.2) is 0 Å². The Kier molecular flexibility index (Phi) is 5.47. The first kappa shape index (κ1) is 18.5. The lowest BCUT2D eigenvalue weighted by atomic mass is 9.93. The van der Waals surface area contributed by atoms with Crippen LogP contribution >= 0.6 is 11.6 Å². The molecule has 0 saturated carbocycles. The summed E-state index contributed by atoms with van der Waals surface area (Å²) < 4.78 is 0. The molecule has 1 amide bonds. The molecule has 7 heteroatoms. The maximum Gasteiger partial charge on any atom is 0.328 e. The van der Waals surface area contributed by atoms with Crippen molar-refractivity contribution in [3.8, 4) is 0 Å². The summed E-state index contributed by atoms with van der Waals surface area (Å²) >= 11 is 5.99. The molecule has 1 heterocycles. The van der Waals surface area contributed by atoms with E-state index < -0.39 is 17.8 Å². The van der Waals surface area contributed by atoms with E-state index in [2.05, 4.69) is 15.3 Å². The van der Waals surface area contributed by atoms with Gasteiger partial charge < -0.3 is 10.4 Å². The number of aliphatic carboxylic acids is 1. The normalized spacial score (nSPS) is 16.1. The molecule has 0 fully saturated rings. The number of carboxylic acids is 1. The number of amidine groups is 1. The Bertz CT molecular complexity index is 978. The summed E-state index contributed by atoms with van der Waals surface area (Å²) in [4.78, 5) is 32.1. The number of hydrogen-bond acceptors (Lipinski definition) is 4. The minimum atomic E-state index is -1.20. The van der Waals surface area contributed by atoms with Gasteiger partial charge in [0.05, 0.1) is 17.3 Å². The van der Waals surface area contributed by atoms with Gasteiger partial charge in [-0.2, -0.15) is 0 Å². The number of aliphatic imine (C=N–C) groups is 2. The van der Waals surface area contributed by atoms with Gasteiger partial charge in [-0.3, -0.25) is 9.79 Å². The summed E-state index contributed by atoms with van der Waals surface area (Å²) in [6.45, 7) is 1.86. The second-order valence-electron chi connectivity index (χ2n) is 5.88. The van der Waals surface area contributed by atoms with Crippen LogP contribution in [0.5, 0.6) is 0 Å². The highest BCUT2D eigenvalue weighted by molar-refractivity contribution is 6.30. The molecule has 2 aromatic rings. The van der Waals surface area contributed by atoms with Crippen molar-refractivity contribution in [2.45, 2.75) is 12.8 Å². The predicted octanol–water partition coefficient (Wildman–Crippen LogP) is 4.02. The summed E-state index contributed by atoms with van der Waals surface area (Å²) in [5.74, 6) is -1.83. The van der Waals surface area contributed by atoms with Gasteiger partial charge in [-0.05, 0) is 36.8 Å². The van der Waals surface area contributed by atoms with Crippen LogP contribution in [0.2, 0.25) is 5.02 Å². The van der Waals surface area contributed by atoms with E-state index >= 15 is 0 Å². The zero-order valence-corrected chi connectivity index (χ0v) is 15.1. The molecule has 0 spiro atoms. The van der Waals surface area contributed by atoms with Gasteiger partial charge in [-0.1, -0.05) is 35.9 Å². The Hall–Kier alpha value is -3.25. The van der Waals surface area contributed by atoms with Crippen molar-refractivity contribution in [3.05, 3.63) is 71.3 Å². The topological polar surface area (TPSA) is 91.1 Å². The average molecular weight is 382 g/mol. The van der Waals surface area contributed by atoms with Crippen LogP contribution in [-0.2, 0) is 9.59 Å². The third kappa shape index (κ3) is 4.48. The van der Waals surface area contributed by atoms with E-state index in [1.807, 2.05) is 37.3 Å². The zero-order chi connectivity index (χ0) is 19.4. The SMILES string of the molecule is CC1=Nc2ccccc2N=C(NC(=O)C=CC(=O)O)C1c1ccc(Cl)cc1. The minimum Gasteiger partial charge on any atom is -0.478 e. The Labute approximate surface area is 160 Å². The lowest BCUT2D eigenvalue weighted by Crippen LogP contribution is -2.36. The lowest BCUT2D eigenvalue weighted by Gasteiger charge is -2.19. The van der Waals surface area contributed by atoms with Crippen LogP contribution in [0.3, 0.4) is 0 Å². The van der Waals surface area contributed by atoms with Gasteiger partial charge in [0.1, 0.15) is 5.84 Å². The zero-order valence-electron chi connectivity index (χ0n) is 14.4. The number of carboxylic acid groups (broad SMARTS) is 1. The molecule has 6 nitrogen and oxygen atoms in total. The monoisotopic (exact) mass is 381 g/mol. The number of nitrogens with zero attached hydrogens (tertiary/aromatic N) is 2. The molecule has 0 bridgehead atoms. The summed E-state index contributed by atoms with van der Waals surface area (Å²) in [7, 11) is 0. The number of nitrogens with one attached hydrogen (secondary N) is 1. The maximum absolute atomic E-state index is 12.2. The number of halogens is 1. The number of carbonyl (C=O) groups is 2. The Morgan fingerprint density at radius 1 is 1.04 bits per heavy atom. The Balaban J connectivity index is 2.06. The number of amides is 1. The number of rotatable bonds is 3. The van der Waals surface area contributed by atoms with Crippen LogP contribution in [0.4, 0.5) is 11.4 Å². The van der Waals surface area contributed by atoms with Crippen molar-refractivity contribution in [3.63, 3.8) is 0 Å². The number of benzene rings is 2. The van der Waals surface area contributed by atoms with Gasteiger partial charge in [0.25, 0.3) is 0 Å². The number of fused-ring (bicyclic) bond motifs is 1. The fourth-order valence-corrected chi connectivity index (χ4v) is 2.90. The largest absolute Gasteiger partial charge is 0.478 e. The molecule has 0 saturated heterocycles. The number of carbonyl (C=O) groups excluding carboxylic acids is 1. The highest BCUT2D eigenvalue weighted by Crippen LogP contribution is 2.34. The fraction of sp³-hybridized carbons (Fsp3) is 0.100. The van der Waals surface area contributed by atoms with Crippen molar-refractivity contribution in [2.75, 3.05) is 0 Å². The molecular weight excluding hydrogens is 366 g/mol. The molecule has 3 rings (SSSR count). The average Bonchev–Trinajstić information content (AvgIpc) is 2.76. The summed E-state index contributed by atoms with van der Waals surface area (Å²) in [6, 6.07) is 14.5. The second-order valence-corrected chi connectivity index (χ2v) is 6.32. The van der Waals surface area contributed by atoms with E-state index in [4.69, 9.17) is 16.7 Å². The summed E-state index contributed by atoms with van der Waals surface area (Å²) in [5, 5.41) is 12.0. The van der Waals surface area contributed by atoms with Crippen molar-refractivity contribution in [1.82, 2.24) is 5.32 Å². The molecule has 2 N–H and O–H groups in total. The van der Waals surface area contributed by atoms with Crippen molar-refractivity contribution >= 4 is 46.4 Å². The molecular formula is C20H16ClN3O3. The Morgan fingerprint density at radius 2 is 1.67 bits per heavy atom. The van der Waals surface area contributed by atoms with E-state index in [-0.39, 0.29) is 0 Å². The molecule has 2 aromatic carbocycles. The third-order valence-corrected chi connectivity index (χ3v) is 4.19. The van der Waals surface area contributed by atoms with Crippen LogP contribution < -0.4 is 5.32 Å². The molecule has 1 aliphatic heterocycles. The fourth-order valence-electron chi connectivity index (χ4n) is 2.77. The highest BCUT2D eigenvalue weighted by atomic mass is 35.5. The molecule has 0 radical (unpaired) electrons.